The number of pyridine rings is 2. The highest BCUT2D eigenvalue weighted by atomic mass is 16.5. The first-order valence-corrected chi connectivity index (χ1v) is 15.7. The Morgan fingerprint density at radius 1 is 1.02 bits per heavy atom. The van der Waals surface area contributed by atoms with Crippen LogP contribution in [0.15, 0.2) is 67.1 Å². The van der Waals surface area contributed by atoms with Gasteiger partial charge in [-0.1, -0.05) is 6.07 Å². The van der Waals surface area contributed by atoms with Gasteiger partial charge in [-0.05, 0) is 81.0 Å². The molecule has 45 heavy (non-hydrogen) atoms. The number of hydrogen-bond donors (Lipinski definition) is 2. The van der Waals surface area contributed by atoms with Gasteiger partial charge in [-0.15, -0.1) is 0 Å². The molecule has 3 N–H and O–H groups in total. The van der Waals surface area contributed by atoms with Crippen molar-refractivity contribution in [3.05, 3.63) is 89.6 Å². The fourth-order valence-electron chi connectivity index (χ4n) is 5.41. The van der Waals surface area contributed by atoms with Crippen molar-refractivity contribution in [3.8, 4) is 11.5 Å². The van der Waals surface area contributed by atoms with Gasteiger partial charge in [0, 0.05) is 66.7 Å². The van der Waals surface area contributed by atoms with Crippen LogP contribution in [-0.4, -0.2) is 59.3 Å². The Morgan fingerprint density at radius 3 is 2.76 bits per heavy atom. The molecule has 10 nitrogen and oxygen atoms in total. The van der Waals surface area contributed by atoms with E-state index >= 15 is 0 Å². The highest BCUT2D eigenvalue weighted by molar-refractivity contribution is 5.95. The van der Waals surface area contributed by atoms with Crippen molar-refractivity contribution < 1.29 is 23.8 Å². The van der Waals surface area contributed by atoms with E-state index in [2.05, 4.69) is 22.4 Å². The number of nitrogens with two attached hydrogens (primary N) is 1. The molecular weight excluding hydrogens is 570 g/mol. The Morgan fingerprint density at radius 2 is 1.89 bits per heavy atom. The third-order valence-corrected chi connectivity index (χ3v) is 7.62. The quantitative estimate of drug-likeness (QED) is 0.113. The fraction of sp³-hybridized carbons (Fsp3) is 0.371. The van der Waals surface area contributed by atoms with Gasteiger partial charge in [0.25, 0.3) is 0 Å². The number of rotatable bonds is 15. The molecule has 0 unspecified atom stereocenters. The van der Waals surface area contributed by atoms with Gasteiger partial charge in [-0.25, -0.2) is 4.79 Å². The summed E-state index contributed by atoms with van der Waals surface area (Å²) >= 11 is 0. The van der Waals surface area contributed by atoms with Gasteiger partial charge < -0.3 is 29.8 Å². The maximum Gasteiger partial charge on any atom is 0.332 e. The predicted octanol–water partition coefficient (Wildman–Crippen LogP) is 4.62. The Labute approximate surface area is 263 Å². The number of carbonyl (C=O) groups is 2. The molecule has 5 rings (SSSR count). The number of ether oxygens (including phenoxy) is 3. The lowest BCUT2D eigenvalue weighted by Gasteiger charge is -2.15. The minimum Gasteiger partial charge on any atom is -0.493 e. The standard InChI is InChI=1S/C35H41N5O5/c1-2-43-35(42)22-33(27-21-30(24-37-23-27)44-18-5-8-34(41)38-16-15-36)40-17-13-26-20-29(11-12-32(26)40)45-19-14-28-10-9-25-6-3-4-7-31(25)39-28/h9-13,17,20-24H,2-8,14-16,18-19,36H2,1H3,(H,38,41). The molecule has 0 fully saturated rings. The van der Waals surface area contributed by atoms with Crippen molar-refractivity contribution >= 4 is 28.5 Å². The number of carbonyl (C=O) groups excluding carboxylic acids is 2. The van der Waals surface area contributed by atoms with E-state index in [9.17, 15) is 9.59 Å². The van der Waals surface area contributed by atoms with E-state index in [0.717, 1.165) is 41.6 Å². The molecule has 1 aliphatic rings. The normalized spacial score (nSPS) is 12.9. The van der Waals surface area contributed by atoms with Crippen molar-refractivity contribution in [2.45, 2.75) is 51.9 Å². The number of hydrogen-bond acceptors (Lipinski definition) is 8. The number of fused-ring (bicyclic) bond motifs is 2. The largest absolute Gasteiger partial charge is 0.493 e. The molecule has 0 radical (unpaired) electrons. The zero-order valence-corrected chi connectivity index (χ0v) is 25.8. The van der Waals surface area contributed by atoms with E-state index in [-0.39, 0.29) is 12.5 Å². The van der Waals surface area contributed by atoms with Crippen molar-refractivity contribution in [2.24, 2.45) is 5.73 Å². The predicted molar refractivity (Wildman–Crippen MR) is 173 cm³/mol. The SMILES string of the molecule is CCOC(=O)C=C(c1cncc(OCCCC(=O)NCCN)c1)n1ccc2cc(OCCc3ccc4c(n3)CCCC4)ccc21. The fourth-order valence-corrected chi connectivity index (χ4v) is 5.41. The van der Waals surface area contributed by atoms with E-state index in [0.29, 0.717) is 56.2 Å². The lowest BCUT2D eigenvalue weighted by molar-refractivity contribution is -0.137. The monoisotopic (exact) mass is 611 g/mol. The van der Waals surface area contributed by atoms with Crippen molar-refractivity contribution in [1.82, 2.24) is 19.9 Å². The first-order chi connectivity index (χ1) is 22.0. The van der Waals surface area contributed by atoms with E-state index in [1.54, 1.807) is 19.3 Å². The Bertz CT molecular complexity index is 1650. The topological polar surface area (TPSA) is 131 Å². The molecule has 0 bridgehead atoms. The van der Waals surface area contributed by atoms with Crippen molar-refractivity contribution in [3.63, 3.8) is 0 Å². The molecule has 0 aliphatic heterocycles. The van der Waals surface area contributed by atoms with Crippen LogP contribution in [0.1, 0.15) is 55.1 Å². The molecule has 1 aliphatic carbocycles. The highest BCUT2D eigenvalue weighted by Crippen LogP contribution is 2.29. The molecule has 0 spiro atoms. The first-order valence-electron chi connectivity index (χ1n) is 15.7. The zero-order chi connectivity index (χ0) is 31.4. The lowest BCUT2D eigenvalue weighted by Crippen LogP contribution is -2.29. The Kier molecular flexibility index (Phi) is 11.2. The van der Waals surface area contributed by atoms with Gasteiger partial charge in [0.1, 0.15) is 11.5 Å². The molecule has 4 aromatic rings. The summed E-state index contributed by atoms with van der Waals surface area (Å²) in [6.07, 6.45) is 12.9. The summed E-state index contributed by atoms with van der Waals surface area (Å²) in [5.41, 5.74) is 11.3. The molecule has 1 aromatic carbocycles. The number of benzene rings is 1. The average Bonchev–Trinajstić information content (AvgIpc) is 3.48. The first kappa shape index (κ1) is 31.7. The number of aromatic nitrogens is 3. The molecule has 0 atom stereocenters. The summed E-state index contributed by atoms with van der Waals surface area (Å²) in [4.78, 5) is 33.7. The number of esters is 1. The summed E-state index contributed by atoms with van der Waals surface area (Å²) in [5, 5.41) is 3.71. The van der Waals surface area contributed by atoms with Crippen LogP contribution in [0.25, 0.3) is 16.6 Å². The minimum absolute atomic E-state index is 0.0602. The van der Waals surface area contributed by atoms with E-state index in [1.807, 2.05) is 41.1 Å². The maximum atomic E-state index is 12.6. The van der Waals surface area contributed by atoms with Gasteiger partial charge in [0.15, 0.2) is 0 Å². The summed E-state index contributed by atoms with van der Waals surface area (Å²) in [6, 6.07) is 14.0. The average molecular weight is 612 g/mol. The molecule has 0 saturated heterocycles. The summed E-state index contributed by atoms with van der Waals surface area (Å²) < 4.78 is 19.2. The Balaban J connectivity index is 1.28. The van der Waals surface area contributed by atoms with Crippen LogP contribution >= 0.6 is 0 Å². The molecule has 0 saturated carbocycles. The van der Waals surface area contributed by atoms with Crippen molar-refractivity contribution in [1.29, 1.82) is 0 Å². The smallest absolute Gasteiger partial charge is 0.332 e. The number of nitrogens with one attached hydrogen (secondary N) is 1. The van der Waals surface area contributed by atoms with Crippen molar-refractivity contribution in [2.75, 3.05) is 32.9 Å². The van der Waals surface area contributed by atoms with E-state index < -0.39 is 5.97 Å². The van der Waals surface area contributed by atoms with Gasteiger partial charge in [0.05, 0.1) is 37.2 Å². The van der Waals surface area contributed by atoms with Crippen LogP contribution < -0.4 is 20.5 Å². The van der Waals surface area contributed by atoms with Gasteiger partial charge in [0.2, 0.25) is 5.91 Å². The third kappa shape index (κ3) is 8.69. The second-order valence-electron chi connectivity index (χ2n) is 10.9. The molecule has 3 aromatic heterocycles. The van der Waals surface area contributed by atoms with Gasteiger partial charge >= 0.3 is 5.97 Å². The van der Waals surface area contributed by atoms with Crippen LogP contribution in [0.2, 0.25) is 0 Å². The van der Waals surface area contributed by atoms with Gasteiger partial charge in [-0.3, -0.25) is 14.8 Å². The van der Waals surface area contributed by atoms with E-state index in [4.69, 9.17) is 24.9 Å². The molecular formula is C35H41N5O5. The summed E-state index contributed by atoms with van der Waals surface area (Å²) in [6.45, 7) is 3.76. The zero-order valence-electron chi connectivity index (χ0n) is 25.8. The minimum atomic E-state index is -0.458. The van der Waals surface area contributed by atoms with Crippen LogP contribution in [-0.2, 0) is 33.6 Å². The molecule has 1 amide bonds. The summed E-state index contributed by atoms with van der Waals surface area (Å²) in [5.74, 6) is 0.781. The molecule has 10 heteroatoms. The van der Waals surface area contributed by atoms with Crippen LogP contribution in [0, 0.1) is 0 Å². The van der Waals surface area contributed by atoms with Crippen LogP contribution in [0.3, 0.4) is 0 Å². The highest BCUT2D eigenvalue weighted by Gasteiger charge is 2.15. The van der Waals surface area contributed by atoms with Crippen LogP contribution in [0.4, 0.5) is 0 Å². The van der Waals surface area contributed by atoms with Gasteiger partial charge in [-0.2, -0.15) is 0 Å². The number of aryl methyl sites for hydroxylation is 2. The lowest BCUT2D eigenvalue weighted by atomic mass is 9.96. The molecule has 3 heterocycles. The second-order valence-corrected chi connectivity index (χ2v) is 10.9. The van der Waals surface area contributed by atoms with Crippen LogP contribution in [0.5, 0.6) is 11.5 Å². The number of nitrogens with zero attached hydrogens (tertiary/aromatic N) is 3. The summed E-state index contributed by atoms with van der Waals surface area (Å²) in [7, 11) is 0. The second kappa shape index (κ2) is 15.9. The molecule has 236 valence electrons. The Hall–Kier alpha value is -4.70. The maximum absolute atomic E-state index is 12.6. The van der Waals surface area contributed by atoms with E-state index in [1.165, 1.54) is 30.2 Å². The third-order valence-electron chi connectivity index (χ3n) is 7.62. The number of amides is 1.